The number of carbonyl (C=O) groups is 2. The van der Waals surface area contributed by atoms with Crippen LogP contribution in [0.15, 0.2) is 41.0 Å². The highest BCUT2D eigenvalue weighted by molar-refractivity contribution is 5.84. The summed E-state index contributed by atoms with van der Waals surface area (Å²) in [6.07, 6.45) is 2.61. The Labute approximate surface area is 145 Å². The summed E-state index contributed by atoms with van der Waals surface area (Å²) >= 11 is 0. The number of nitrogens with zero attached hydrogens (tertiary/aromatic N) is 1. The number of aromatic nitrogens is 1. The lowest BCUT2D eigenvalue weighted by Gasteiger charge is -2.09. The monoisotopic (exact) mass is 347 g/mol. The molecule has 1 heterocycles. The van der Waals surface area contributed by atoms with E-state index in [4.69, 9.17) is 20.0 Å². The zero-order valence-electron chi connectivity index (χ0n) is 13.7. The molecule has 0 radical (unpaired) electrons. The molecule has 1 aromatic heterocycles. The van der Waals surface area contributed by atoms with Crippen LogP contribution >= 0.6 is 0 Å². The molecule has 2 aromatic rings. The number of hydrogen-bond acceptors (Lipinski definition) is 6. The minimum atomic E-state index is -1.15. The number of hydrogen-bond donors (Lipinski definition) is 3. The van der Waals surface area contributed by atoms with Gasteiger partial charge in [-0.3, -0.25) is 0 Å². The van der Waals surface area contributed by atoms with Gasteiger partial charge in [0, 0.05) is 6.54 Å². The number of carboxylic acid groups (broad SMARTS) is 1. The lowest BCUT2D eigenvalue weighted by molar-refractivity contribution is 0.0690. The number of carbonyl (C=O) groups excluding carboxylic acids is 1. The number of ether oxygens (including phenoxy) is 1. The molecule has 25 heavy (non-hydrogen) atoms. The van der Waals surface area contributed by atoms with E-state index in [2.05, 4.69) is 10.3 Å². The third-order valence-electron chi connectivity index (χ3n) is 3.48. The van der Waals surface area contributed by atoms with Crippen molar-refractivity contribution in [3.05, 3.63) is 53.7 Å². The van der Waals surface area contributed by atoms with Gasteiger partial charge < -0.3 is 25.3 Å². The number of rotatable bonds is 9. The maximum Gasteiger partial charge on any atom is 0.407 e. The van der Waals surface area contributed by atoms with E-state index in [0.717, 1.165) is 18.2 Å². The molecule has 0 saturated heterocycles. The van der Waals surface area contributed by atoms with E-state index >= 15 is 0 Å². The van der Waals surface area contributed by atoms with Crippen LogP contribution in [0.25, 0.3) is 0 Å². The SMILES string of the molecule is N[C@@H](CCCCNC(=O)OCc1ccccc1)c1nc(C(=O)O)co1. The lowest BCUT2D eigenvalue weighted by Crippen LogP contribution is -2.25. The number of carboxylic acids is 1. The molecule has 0 fully saturated rings. The van der Waals surface area contributed by atoms with Crippen LogP contribution in [0.3, 0.4) is 0 Å². The fraction of sp³-hybridized carbons (Fsp3) is 0.353. The Morgan fingerprint density at radius 2 is 2.04 bits per heavy atom. The summed E-state index contributed by atoms with van der Waals surface area (Å²) in [5, 5.41) is 11.4. The van der Waals surface area contributed by atoms with Gasteiger partial charge in [-0.25, -0.2) is 14.6 Å². The van der Waals surface area contributed by atoms with Crippen LogP contribution in [0.1, 0.15) is 47.2 Å². The van der Waals surface area contributed by atoms with Crippen LogP contribution in [0, 0.1) is 0 Å². The van der Waals surface area contributed by atoms with Crippen molar-refractivity contribution in [2.75, 3.05) is 6.54 Å². The van der Waals surface area contributed by atoms with Crippen molar-refractivity contribution < 1.29 is 23.8 Å². The van der Waals surface area contributed by atoms with E-state index in [1.807, 2.05) is 30.3 Å². The highest BCUT2D eigenvalue weighted by Gasteiger charge is 2.16. The molecule has 4 N–H and O–H groups in total. The Hall–Kier alpha value is -2.87. The number of nitrogens with one attached hydrogen (secondary N) is 1. The quantitative estimate of drug-likeness (QED) is 0.594. The molecule has 8 nitrogen and oxygen atoms in total. The van der Waals surface area contributed by atoms with Gasteiger partial charge in [0.2, 0.25) is 5.89 Å². The minimum absolute atomic E-state index is 0.159. The number of unbranched alkanes of at least 4 members (excludes halogenated alkanes) is 1. The van der Waals surface area contributed by atoms with Crippen molar-refractivity contribution in [1.29, 1.82) is 0 Å². The molecule has 0 aliphatic heterocycles. The summed E-state index contributed by atoms with van der Waals surface area (Å²) in [6.45, 7) is 0.694. The Morgan fingerprint density at radius 1 is 1.28 bits per heavy atom. The summed E-state index contributed by atoms with van der Waals surface area (Å²) in [5.41, 5.74) is 6.67. The Kier molecular flexibility index (Phi) is 6.97. The molecule has 2 rings (SSSR count). The van der Waals surface area contributed by atoms with Gasteiger partial charge in [-0.1, -0.05) is 30.3 Å². The summed E-state index contributed by atoms with van der Waals surface area (Å²) < 4.78 is 10.1. The maximum absolute atomic E-state index is 11.6. The van der Waals surface area contributed by atoms with Gasteiger partial charge in [0.25, 0.3) is 0 Å². The maximum atomic E-state index is 11.6. The first kappa shape index (κ1) is 18.5. The first-order valence-corrected chi connectivity index (χ1v) is 7.95. The highest BCUT2D eigenvalue weighted by atomic mass is 16.5. The zero-order chi connectivity index (χ0) is 18.1. The second-order valence-corrected chi connectivity index (χ2v) is 5.47. The zero-order valence-corrected chi connectivity index (χ0v) is 13.7. The van der Waals surface area contributed by atoms with Gasteiger partial charge in [0.05, 0.1) is 6.04 Å². The van der Waals surface area contributed by atoms with Gasteiger partial charge in [0.15, 0.2) is 5.69 Å². The van der Waals surface area contributed by atoms with Crippen molar-refractivity contribution in [2.24, 2.45) is 5.73 Å². The summed E-state index contributed by atoms with van der Waals surface area (Å²) in [7, 11) is 0. The average Bonchev–Trinajstić information content (AvgIpc) is 3.11. The highest BCUT2D eigenvalue weighted by Crippen LogP contribution is 2.16. The number of amides is 1. The van der Waals surface area contributed by atoms with Crippen molar-refractivity contribution in [3.63, 3.8) is 0 Å². The molecule has 0 aliphatic rings. The van der Waals surface area contributed by atoms with Crippen LogP contribution in [0.5, 0.6) is 0 Å². The largest absolute Gasteiger partial charge is 0.476 e. The van der Waals surface area contributed by atoms with Crippen molar-refractivity contribution in [1.82, 2.24) is 10.3 Å². The third kappa shape index (κ3) is 6.27. The molecule has 0 unspecified atom stereocenters. The normalized spacial score (nSPS) is 11.7. The number of alkyl carbamates (subject to hydrolysis) is 1. The molecular weight excluding hydrogens is 326 g/mol. The molecule has 0 spiro atoms. The molecule has 134 valence electrons. The molecular formula is C17H21N3O5. The standard InChI is InChI=1S/C17H21N3O5/c18-13(15-20-14(11-24-15)16(21)22)8-4-5-9-19-17(23)25-10-12-6-2-1-3-7-12/h1-3,6-7,11,13H,4-5,8-10,18H2,(H,19,23)(H,21,22)/t13-/m0/s1. The van der Waals surface area contributed by atoms with Crippen LogP contribution in [0.2, 0.25) is 0 Å². The predicted octanol–water partition coefficient (Wildman–Crippen LogP) is 2.47. The predicted molar refractivity (Wildman–Crippen MR) is 88.9 cm³/mol. The molecule has 8 heteroatoms. The Morgan fingerprint density at radius 3 is 2.72 bits per heavy atom. The number of oxazole rings is 1. The van der Waals surface area contributed by atoms with Crippen molar-refractivity contribution in [2.45, 2.75) is 31.9 Å². The van der Waals surface area contributed by atoms with Gasteiger partial charge in [-0.05, 0) is 24.8 Å². The molecule has 0 saturated carbocycles. The van der Waals surface area contributed by atoms with Crippen LogP contribution < -0.4 is 11.1 Å². The molecule has 1 atom stereocenters. The van der Waals surface area contributed by atoms with Crippen molar-refractivity contribution >= 4 is 12.1 Å². The fourth-order valence-electron chi connectivity index (χ4n) is 2.13. The molecule has 0 bridgehead atoms. The van der Waals surface area contributed by atoms with Gasteiger partial charge in [-0.2, -0.15) is 0 Å². The van der Waals surface area contributed by atoms with Gasteiger partial charge in [0.1, 0.15) is 12.9 Å². The van der Waals surface area contributed by atoms with Crippen LogP contribution in [-0.2, 0) is 11.3 Å². The van der Waals surface area contributed by atoms with Gasteiger partial charge in [-0.15, -0.1) is 0 Å². The van der Waals surface area contributed by atoms with E-state index < -0.39 is 18.1 Å². The number of aromatic carboxylic acids is 1. The second kappa shape index (κ2) is 9.43. The summed E-state index contributed by atoms with van der Waals surface area (Å²) in [6, 6.07) is 8.95. The van der Waals surface area contributed by atoms with E-state index in [1.54, 1.807) is 0 Å². The van der Waals surface area contributed by atoms with E-state index in [9.17, 15) is 9.59 Å². The van der Waals surface area contributed by atoms with E-state index in [1.165, 1.54) is 0 Å². The second-order valence-electron chi connectivity index (χ2n) is 5.47. The van der Waals surface area contributed by atoms with Crippen LogP contribution in [0.4, 0.5) is 4.79 Å². The first-order chi connectivity index (χ1) is 12.1. The number of nitrogens with two attached hydrogens (primary N) is 1. The third-order valence-corrected chi connectivity index (χ3v) is 3.48. The first-order valence-electron chi connectivity index (χ1n) is 7.95. The van der Waals surface area contributed by atoms with E-state index in [0.29, 0.717) is 19.4 Å². The molecule has 0 aliphatic carbocycles. The molecule has 1 aromatic carbocycles. The number of benzene rings is 1. The smallest absolute Gasteiger partial charge is 0.407 e. The fourth-order valence-corrected chi connectivity index (χ4v) is 2.13. The Bertz CT molecular complexity index is 687. The van der Waals surface area contributed by atoms with E-state index in [-0.39, 0.29) is 18.2 Å². The average molecular weight is 347 g/mol. The lowest BCUT2D eigenvalue weighted by atomic mass is 10.1. The summed E-state index contributed by atoms with van der Waals surface area (Å²) in [5.74, 6) is -0.951. The molecule has 1 amide bonds. The minimum Gasteiger partial charge on any atom is -0.476 e. The topological polar surface area (TPSA) is 128 Å². The Balaban J connectivity index is 1.57. The van der Waals surface area contributed by atoms with Crippen molar-refractivity contribution in [3.8, 4) is 0 Å². The summed E-state index contributed by atoms with van der Waals surface area (Å²) in [4.78, 5) is 26.1. The van der Waals surface area contributed by atoms with Crippen LogP contribution in [-0.4, -0.2) is 28.7 Å². The van der Waals surface area contributed by atoms with Gasteiger partial charge >= 0.3 is 12.1 Å².